The third-order valence-corrected chi connectivity index (χ3v) is 5.64. The van der Waals surface area contributed by atoms with E-state index in [9.17, 15) is 4.79 Å². The van der Waals surface area contributed by atoms with Crippen molar-refractivity contribution in [2.24, 2.45) is 5.92 Å². The molecule has 0 aromatic carbocycles. The zero-order valence-electron chi connectivity index (χ0n) is 18.2. The highest BCUT2D eigenvalue weighted by atomic mass is 16.5. The molecule has 7 nitrogen and oxygen atoms in total. The SMILES string of the molecule is CCCCOc1cc2c(nc1C)-c1cc(=O)c(-c3nc(C)no3)cn1[C@H](C(C)C)C2. The van der Waals surface area contributed by atoms with E-state index in [0.717, 1.165) is 47.7 Å². The van der Waals surface area contributed by atoms with Gasteiger partial charge in [0.2, 0.25) is 0 Å². The second-order valence-corrected chi connectivity index (χ2v) is 8.29. The number of ether oxygens (including phenoxy) is 1. The number of hydrogen-bond acceptors (Lipinski definition) is 6. The Labute approximate surface area is 176 Å². The number of aromatic nitrogens is 4. The van der Waals surface area contributed by atoms with E-state index in [0.29, 0.717) is 23.9 Å². The van der Waals surface area contributed by atoms with Crippen molar-refractivity contribution in [1.29, 1.82) is 0 Å². The second-order valence-electron chi connectivity index (χ2n) is 8.29. The van der Waals surface area contributed by atoms with Crippen LogP contribution >= 0.6 is 0 Å². The molecule has 0 saturated carbocycles. The Balaban J connectivity index is 1.84. The number of hydrogen-bond donors (Lipinski definition) is 0. The minimum Gasteiger partial charge on any atom is -0.492 e. The van der Waals surface area contributed by atoms with Crippen molar-refractivity contribution in [2.75, 3.05) is 6.61 Å². The van der Waals surface area contributed by atoms with Gasteiger partial charge in [-0.1, -0.05) is 32.3 Å². The summed E-state index contributed by atoms with van der Waals surface area (Å²) < 4.78 is 13.4. The molecule has 1 atom stereocenters. The Morgan fingerprint density at radius 3 is 2.73 bits per heavy atom. The summed E-state index contributed by atoms with van der Waals surface area (Å²) in [6.07, 6.45) is 4.77. The van der Waals surface area contributed by atoms with Crippen molar-refractivity contribution in [2.45, 2.75) is 59.9 Å². The molecule has 3 aromatic rings. The first-order valence-electron chi connectivity index (χ1n) is 10.6. The third-order valence-electron chi connectivity index (χ3n) is 5.64. The first-order valence-corrected chi connectivity index (χ1v) is 10.6. The first-order chi connectivity index (χ1) is 14.4. The van der Waals surface area contributed by atoms with Crippen LogP contribution in [0.1, 0.15) is 56.7 Å². The van der Waals surface area contributed by atoms with Gasteiger partial charge in [-0.25, -0.2) is 4.98 Å². The predicted octanol–water partition coefficient (Wildman–Crippen LogP) is 4.51. The van der Waals surface area contributed by atoms with E-state index >= 15 is 0 Å². The smallest absolute Gasteiger partial charge is 0.263 e. The van der Waals surface area contributed by atoms with Gasteiger partial charge in [-0.2, -0.15) is 4.98 Å². The molecule has 0 amide bonds. The molecule has 4 rings (SSSR count). The lowest BCUT2D eigenvalue weighted by Crippen LogP contribution is -2.27. The van der Waals surface area contributed by atoms with Crippen LogP contribution in [0.15, 0.2) is 27.6 Å². The maximum atomic E-state index is 12.9. The molecule has 0 radical (unpaired) electrons. The lowest BCUT2D eigenvalue weighted by molar-refractivity contribution is 0.304. The minimum absolute atomic E-state index is 0.150. The van der Waals surface area contributed by atoms with Gasteiger partial charge in [-0.05, 0) is 44.2 Å². The number of aryl methyl sites for hydroxylation is 2. The number of fused-ring (bicyclic) bond motifs is 3. The van der Waals surface area contributed by atoms with E-state index in [1.165, 1.54) is 0 Å². The van der Waals surface area contributed by atoms with Gasteiger partial charge in [0.25, 0.3) is 5.89 Å². The molecule has 158 valence electrons. The van der Waals surface area contributed by atoms with Crippen molar-refractivity contribution >= 4 is 0 Å². The van der Waals surface area contributed by atoms with E-state index < -0.39 is 0 Å². The van der Waals surface area contributed by atoms with Crippen LogP contribution in [0.5, 0.6) is 5.75 Å². The van der Waals surface area contributed by atoms with Crippen LogP contribution in [0.2, 0.25) is 0 Å². The maximum Gasteiger partial charge on any atom is 0.263 e. The minimum atomic E-state index is -0.150. The average molecular weight is 409 g/mol. The molecule has 3 aromatic heterocycles. The fourth-order valence-corrected chi connectivity index (χ4v) is 3.94. The molecule has 0 spiro atoms. The standard InChI is InChI=1S/C23H28N4O3/c1-6-7-8-29-21-10-16-9-18(13(2)3)27-12-17(23-25-15(5)26-30-23)20(28)11-19(27)22(16)24-14(21)4/h10-13,18H,6-9H2,1-5H3/t18-/m0/s1. The van der Waals surface area contributed by atoms with Gasteiger partial charge in [0, 0.05) is 18.3 Å². The molecule has 0 unspecified atom stereocenters. The molecular formula is C23H28N4O3. The fraction of sp³-hybridized carbons (Fsp3) is 0.478. The Morgan fingerprint density at radius 1 is 1.27 bits per heavy atom. The highest BCUT2D eigenvalue weighted by Crippen LogP contribution is 2.39. The Morgan fingerprint density at radius 2 is 2.07 bits per heavy atom. The summed E-state index contributed by atoms with van der Waals surface area (Å²) in [5.41, 5.74) is 3.89. The second kappa shape index (κ2) is 8.05. The lowest BCUT2D eigenvalue weighted by atomic mass is 9.89. The first kappa shape index (κ1) is 20.3. The summed E-state index contributed by atoms with van der Waals surface area (Å²) in [5, 5.41) is 3.83. The normalized spacial score (nSPS) is 15.2. The zero-order chi connectivity index (χ0) is 21.4. The Kier molecular flexibility index (Phi) is 5.45. The average Bonchev–Trinajstić information content (AvgIpc) is 3.13. The van der Waals surface area contributed by atoms with Crippen LogP contribution in [0, 0.1) is 19.8 Å². The van der Waals surface area contributed by atoms with E-state index in [2.05, 4.69) is 41.5 Å². The molecular weight excluding hydrogens is 380 g/mol. The Bertz CT molecular complexity index is 1130. The molecule has 0 fully saturated rings. The Hall–Kier alpha value is -2.96. The van der Waals surface area contributed by atoms with Gasteiger partial charge in [0.15, 0.2) is 11.3 Å². The predicted molar refractivity (Wildman–Crippen MR) is 115 cm³/mol. The van der Waals surface area contributed by atoms with Crippen molar-refractivity contribution in [3.8, 4) is 28.6 Å². The summed E-state index contributed by atoms with van der Waals surface area (Å²) in [4.78, 5) is 22.0. The van der Waals surface area contributed by atoms with Gasteiger partial charge in [-0.15, -0.1) is 0 Å². The third kappa shape index (κ3) is 3.64. The number of pyridine rings is 2. The number of nitrogens with zero attached hydrogens (tertiary/aromatic N) is 4. The van der Waals surface area contributed by atoms with Gasteiger partial charge in [0.1, 0.15) is 11.3 Å². The summed E-state index contributed by atoms with van der Waals surface area (Å²) >= 11 is 0. The molecule has 1 aliphatic heterocycles. The van der Waals surface area contributed by atoms with Gasteiger partial charge < -0.3 is 13.8 Å². The lowest BCUT2D eigenvalue weighted by Gasteiger charge is -2.33. The number of unbranched alkanes of at least 4 members (excludes halogenated alkanes) is 1. The fourth-order valence-electron chi connectivity index (χ4n) is 3.94. The summed E-state index contributed by atoms with van der Waals surface area (Å²) in [6, 6.07) is 3.93. The van der Waals surface area contributed by atoms with Crippen LogP contribution in [0.3, 0.4) is 0 Å². The van der Waals surface area contributed by atoms with Gasteiger partial charge >= 0.3 is 0 Å². The molecule has 1 aliphatic rings. The zero-order valence-corrected chi connectivity index (χ0v) is 18.2. The molecule has 30 heavy (non-hydrogen) atoms. The van der Waals surface area contributed by atoms with E-state index in [-0.39, 0.29) is 17.4 Å². The molecule has 7 heteroatoms. The maximum absolute atomic E-state index is 12.9. The quantitative estimate of drug-likeness (QED) is 0.558. The summed E-state index contributed by atoms with van der Waals surface area (Å²) in [6.45, 7) is 10.9. The van der Waals surface area contributed by atoms with Crippen LogP contribution in [0.25, 0.3) is 22.8 Å². The van der Waals surface area contributed by atoms with Crippen LogP contribution < -0.4 is 10.2 Å². The van der Waals surface area contributed by atoms with Crippen molar-refractivity contribution in [3.63, 3.8) is 0 Å². The molecule has 0 bridgehead atoms. The largest absolute Gasteiger partial charge is 0.492 e. The molecule has 4 heterocycles. The topological polar surface area (TPSA) is 83.0 Å². The number of rotatable bonds is 6. The van der Waals surface area contributed by atoms with E-state index in [1.807, 2.05) is 13.1 Å². The van der Waals surface area contributed by atoms with Crippen molar-refractivity contribution < 1.29 is 9.26 Å². The van der Waals surface area contributed by atoms with Crippen LogP contribution in [-0.4, -0.2) is 26.3 Å². The van der Waals surface area contributed by atoms with Gasteiger partial charge in [0.05, 0.1) is 23.7 Å². The van der Waals surface area contributed by atoms with E-state index in [4.69, 9.17) is 14.2 Å². The molecule has 0 saturated heterocycles. The highest BCUT2D eigenvalue weighted by Gasteiger charge is 2.29. The van der Waals surface area contributed by atoms with Crippen LogP contribution in [0.4, 0.5) is 0 Å². The van der Waals surface area contributed by atoms with Crippen molar-refractivity contribution in [3.05, 3.63) is 45.6 Å². The van der Waals surface area contributed by atoms with Crippen molar-refractivity contribution in [1.82, 2.24) is 19.7 Å². The van der Waals surface area contributed by atoms with E-state index in [1.54, 1.807) is 13.0 Å². The van der Waals surface area contributed by atoms with Crippen LogP contribution in [-0.2, 0) is 6.42 Å². The summed E-state index contributed by atoms with van der Waals surface area (Å²) in [5.74, 6) is 1.96. The molecule has 0 aliphatic carbocycles. The highest BCUT2D eigenvalue weighted by molar-refractivity contribution is 5.66. The van der Waals surface area contributed by atoms with Gasteiger partial charge in [-0.3, -0.25) is 4.79 Å². The monoisotopic (exact) mass is 408 g/mol. The summed E-state index contributed by atoms with van der Waals surface area (Å²) in [7, 11) is 0. The molecule has 0 N–H and O–H groups in total.